The van der Waals surface area contributed by atoms with Crippen molar-refractivity contribution < 1.29 is 0 Å². The van der Waals surface area contributed by atoms with E-state index in [0.29, 0.717) is 0 Å². The summed E-state index contributed by atoms with van der Waals surface area (Å²) in [5.74, 6) is 0. The average molecular weight is 585 g/mol. The van der Waals surface area contributed by atoms with Crippen LogP contribution in [0.5, 0.6) is 0 Å². The van der Waals surface area contributed by atoms with Crippen LogP contribution in [0.25, 0.3) is 21.8 Å². The Kier molecular flexibility index (Phi) is 5.58. The van der Waals surface area contributed by atoms with Crippen LogP contribution in [-0.2, 0) is 14.1 Å². The molecule has 0 amide bonds. The third-order valence-corrected chi connectivity index (χ3v) is 6.04. The molecule has 0 spiro atoms. The number of hydrogen-bond donors (Lipinski definition) is 0. The molecule has 4 nitrogen and oxygen atoms in total. The molecule has 0 fully saturated rings. The first kappa shape index (κ1) is 18.2. The summed E-state index contributed by atoms with van der Waals surface area (Å²) in [4.78, 5) is 0. The van der Waals surface area contributed by atoms with E-state index in [4.69, 9.17) is 23.2 Å². The number of hydrogen-bond acceptors (Lipinski definition) is 2. The lowest BCUT2D eigenvalue weighted by molar-refractivity contribution is 0.759. The fourth-order valence-electron chi connectivity index (χ4n) is 2.34. The minimum atomic E-state index is 0.758. The van der Waals surface area contributed by atoms with Crippen LogP contribution < -0.4 is 0 Å². The highest BCUT2D eigenvalue weighted by molar-refractivity contribution is 14.1. The second-order valence-electron chi connectivity index (χ2n) is 5.15. The van der Waals surface area contributed by atoms with E-state index in [0.717, 1.165) is 39.3 Å². The first-order valence-electron chi connectivity index (χ1n) is 6.92. The Balaban J connectivity index is 0.000000141. The van der Waals surface area contributed by atoms with Crippen molar-refractivity contribution in [3.8, 4) is 0 Å². The number of aryl methyl sites for hydroxylation is 2. The van der Waals surface area contributed by atoms with Crippen molar-refractivity contribution in [1.29, 1.82) is 0 Å². The molecule has 0 radical (unpaired) electrons. The zero-order valence-electron chi connectivity index (χ0n) is 12.8. The Hall–Kier alpha value is -0.580. The summed E-state index contributed by atoms with van der Waals surface area (Å²) in [6.07, 6.45) is 0. The lowest BCUT2D eigenvalue weighted by atomic mass is 10.3. The predicted molar refractivity (Wildman–Crippen MR) is 117 cm³/mol. The first-order valence-corrected chi connectivity index (χ1v) is 9.83. The minimum absolute atomic E-state index is 0.758. The van der Waals surface area contributed by atoms with E-state index < -0.39 is 0 Å². The molecule has 0 bridgehead atoms. The van der Waals surface area contributed by atoms with Crippen LogP contribution in [-0.4, -0.2) is 19.6 Å². The molecule has 2 heterocycles. The molecule has 0 aliphatic carbocycles. The van der Waals surface area contributed by atoms with Gasteiger partial charge in [-0.1, -0.05) is 23.2 Å². The SMILES string of the molecule is Cn1nc(I)c2cc(Cl)ccc21.Cn1nc2ccc(Cl)cc2c1I. The molecule has 0 unspecified atom stereocenters. The van der Waals surface area contributed by atoms with Gasteiger partial charge in [0.25, 0.3) is 0 Å². The highest BCUT2D eigenvalue weighted by Gasteiger charge is 2.05. The normalized spacial score (nSPS) is 10.9. The van der Waals surface area contributed by atoms with Gasteiger partial charge in [-0.25, -0.2) is 0 Å². The molecule has 0 aliphatic heterocycles. The molecule has 24 heavy (non-hydrogen) atoms. The molecule has 124 valence electrons. The van der Waals surface area contributed by atoms with Crippen LogP contribution >= 0.6 is 68.4 Å². The number of aromatic nitrogens is 4. The summed E-state index contributed by atoms with van der Waals surface area (Å²) in [5.41, 5.74) is 2.11. The van der Waals surface area contributed by atoms with Crippen LogP contribution in [0.15, 0.2) is 36.4 Å². The highest BCUT2D eigenvalue weighted by atomic mass is 127. The van der Waals surface area contributed by atoms with Crippen molar-refractivity contribution in [2.75, 3.05) is 0 Å². The molecule has 8 heteroatoms. The Bertz CT molecular complexity index is 1030. The Labute approximate surface area is 176 Å². The van der Waals surface area contributed by atoms with Gasteiger partial charge in [0.15, 0.2) is 0 Å². The van der Waals surface area contributed by atoms with Gasteiger partial charge in [0, 0.05) is 34.9 Å². The van der Waals surface area contributed by atoms with Gasteiger partial charge >= 0.3 is 0 Å². The van der Waals surface area contributed by atoms with Gasteiger partial charge in [0.1, 0.15) is 7.40 Å². The van der Waals surface area contributed by atoms with Crippen molar-refractivity contribution >= 4 is 90.2 Å². The van der Waals surface area contributed by atoms with E-state index >= 15 is 0 Å². The highest BCUT2D eigenvalue weighted by Crippen LogP contribution is 2.23. The Morgan fingerprint density at radius 1 is 0.833 bits per heavy atom. The summed E-state index contributed by atoms with van der Waals surface area (Å²) in [6.45, 7) is 0. The molecule has 0 aliphatic rings. The third-order valence-electron chi connectivity index (χ3n) is 3.49. The van der Waals surface area contributed by atoms with Crippen LogP contribution in [0.2, 0.25) is 10.0 Å². The second-order valence-corrected chi connectivity index (χ2v) is 8.07. The monoisotopic (exact) mass is 584 g/mol. The van der Waals surface area contributed by atoms with E-state index in [2.05, 4.69) is 55.4 Å². The van der Waals surface area contributed by atoms with Crippen molar-refractivity contribution in [2.24, 2.45) is 14.1 Å². The molecule has 0 saturated carbocycles. The van der Waals surface area contributed by atoms with E-state index in [9.17, 15) is 0 Å². The molecule has 0 N–H and O–H groups in total. The van der Waals surface area contributed by atoms with E-state index in [-0.39, 0.29) is 0 Å². The van der Waals surface area contributed by atoms with Gasteiger partial charge in [0.05, 0.1) is 11.0 Å². The van der Waals surface area contributed by atoms with Crippen LogP contribution in [0.3, 0.4) is 0 Å². The van der Waals surface area contributed by atoms with Gasteiger partial charge in [-0.05, 0) is 81.6 Å². The third kappa shape index (κ3) is 3.66. The zero-order chi connectivity index (χ0) is 17.4. The maximum Gasteiger partial charge on any atom is 0.131 e. The summed E-state index contributed by atoms with van der Waals surface area (Å²) < 4.78 is 5.81. The Morgan fingerprint density at radius 3 is 2.17 bits per heavy atom. The summed E-state index contributed by atoms with van der Waals surface area (Å²) in [7, 11) is 3.86. The van der Waals surface area contributed by atoms with Crippen LogP contribution in [0.1, 0.15) is 0 Å². The van der Waals surface area contributed by atoms with E-state index in [1.807, 2.05) is 59.9 Å². The predicted octanol–water partition coefficient (Wildman–Crippen LogP) is 5.66. The fourth-order valence-corrected chi connectivity index (χ4v) is 3.98. The second kappa shape index (κ2) is 7.35. The number of benzene rings is 2. The molecule has 0 atom stereocenters. The van der Waals surface area contributed by atoms with Gasteiger partial charge in [-0.15, -0.1) is 0 Å². The molecular formula is C16H12Cl2I2N4. The van der Waals surface area contributed by atoms with Gasteiger partial charge in [-0.2, -0.15) is 10.2 Å². The molecule has 4 rings (SSSR count). The molecular weight excluding hydrogens is 573 g/mol. The van der Waals surface area contributed by atoms with Crippen molar-refractivity contribution in [1.82, 2.24) is 19.6 Å². The summed E-state index contributed by atoms with van der Waals surface area (Å²) >= 11 is 16.2. The minimum Gasteiger partial charge on any atom is -0.267 e. The number of rotatable bonds is 0. The van der Waals surface area contributed by atoms with Gasteiger partial charge in [0.2, 0.25) is 0 Å². The fraction of sp³-hybridized carbons (Fsp3) is 0.125. The molecule has 2 aromatic heterocycles. The topological polar surface area (TPSA) is 35.6 Å². The van der Waals surface area contributed by atoms with Crippen molar-refractivity contribution in [2.45, 2.75) is 0 Å². The smallest absolute Gasteiger partial charge is 0.131 e. The number of nitrogens with zero attached hydrogens (tertiary/aromatic N) is 4. The quantitative estimate of drug-likeness (QED) is 0.250. The van der Waals surface area contributed by atoms with Crippen LogP contribution in [0.4, 0.5) is 0 Å². The maximum absolute atomic E-state index is 5.86. The van der Waals surface area contributed by atoms with E-state index in [1.165, 1.54) is 0 Å². The first-order chi connectivity index (χ1) is 11.4. The largest absolute Gasteiger partial charge is 0.267 e. The van der Waals surface area contributed by atoms with Crippen molar-refractivity contribution in [3.63, 3.8) is 0 Å². The lowest BCUT2D eigenvalue weighted by Crippen LogP contribution is -1.91. The van der Waals surface area contributed by atoms with Crippen molar-refractivity contribution in [3.05, 3.63) is 53.8 Å². The number of halogens is 4. The standard InChI is InChI=1S/2C8H6ClIN2/c1-12-7-3-2-5(9)4-6(7)8(10)11-12;1-12-8(10)6-4-5(9)2-3-7(6)11-12/h2*2-4H,1H3. The van der Waals surface area contributed by atoms with Gasteiger partial charge in [-0.3, -0.25) is 9.36 Å². The molecule has 0 saturated heterocycles. The Morgan fingerprint density at radius 2 is 1.46 bits per heavy atom. The van der Waals surface area contributed by atoms with Gasteiger partial charge < -0.3 is 0 Å². The lowest BCUT2D eigenvalue weighted by Gasteiger charge is -1.92. The molecule has 4 aromatic rings. The van der Waals surface area contributed by atoms with E-state index in [1.54, 1.807) is 0 Å². The summed E-state index contributed by atoms with van der Waals surface area (Å²) in [5, 5.41) is 12.3. The zero-order valence-corrected chi connectivity index (χ0v) is 18.6. The average Bonchev–Trinajstić information content (AvgIpc) is 2.98. The summed E-state index contributed by atoms with van der Waals surface area (Å²) in [6, 6.07) is 11.5. The maximum atomic E-state index is 5.86. The van der Waals surface area contributed by atoms with Crippen LogP contribution in [0, 0.1) is 7.40 Å². The molecule has 2 aromatic carbocycles. The number of fused-ring (bicyclic) bond motifs is 2.